The number of carbonyl (C=O) groups is 1. The van der Waals surface area contributed by atoms with Gasteiger partial charge >= 0.3 is 0 Å². The average Bonchev–Trinajstić information content (AvgIpc) is 2.85. The molecule has 0 aromatic rings. The van der Waals surface area contributed by atoms with Crippen LogP contribution in [0.1, 0.15) is 52.4 Å². The van der Waals surface area contributed by atoms with Crippen molar-refractivity contribution in [3.63, 3.8) is 0 Å². The zero-order valence-electron chi connectivity index (χ0n) is 13.6. The molecule has 3 saturated carbocycles. The van der Waals surface area contributed by atoms with Gasteiger partial charge < -0.3 is 4.90 Å². The predicted octanol–water partition coefficient (Wildman–Crippen LogP) is 3.83. The summed E-state index contributed by atoms with van der Waals surface area (Å²) in [4.78, 5) is 14.0. The van der Waals surface area contributed by atoms with Crippen LogP contribution in [0.4, 0.5) is 0 Å². The van der Waals surface area contributed by atoms with E-state index in [1.807, 2.05) is 18.0 Å². The molecule has 2 heteroatoms. The summed E-state index contributed by atoms with van der Waals surface area (Å²) in [6, 6.07) is 0.377. The molecule has 0 spiro atoms. The van der Waals surface area contributed by atoms with Gasteiger partial charge in [0.25, 0.3) is 0 Å². The van der Waals surface area contributed by atoms with Crippen molar-refractivity contribution in [1.29, 1.82) is 0 Å². The van der Waals surface area contributed by atoms with Crippen LogP contribution in [0, 0.1) is 35.0 Å². The van der Waals surface area contributed by atoms with Gasteiger partial charge in [-0.25, -0.2) is 0 Å². The molecule has 3 aliphatic carbocycles. The van der Waals surface area contributed by atoms with Crippen molar-refractivity contribution in [1.82, 2.24) is 4.90 Å². The first-order valence-corrected chi connectivity index (χ1v) is 8.75. The zero-order valence-corrected chi connectivity index (χ0v) is 13.6. The summed E-state index contributed by atoms with van der Waals surface area (Å²) in [7, 11) is 1.99. The lowest BCUT2D eigenvalue weighted by Gasteiger charge is -2.59. The number of hydrogen-bond donors (Lipinski definition) is 0. The first-order valence-electron chi connectivity index (χ1n) is 8.75. The summed E-state index contributed by atoms with van der Waals surface area (Å²) in [5.74, 6) is 2.59. The Balaban J connectivity index is 1.70. The highest BCUT2D eigenvalue weighted by molar-refractivity contribution is 5.89. The fourth-order valence-electron chi connectivity index (χ4n) is 6.36. The summed E-state index contributed by atoms with van der Waals surface area (Å²) >= 11 is 0. The Bertz CT molecular complexity index is 498. The zero-order chi connectivity index (χ0) is 14.8. The Kier molecular flexibility index (Phi) is 2.88. The number of hydrogen-bond acceptors (Lipinski definition) is 1. The van der Waals surface area contributed by atoms with Gasteiger partial charge in [0.1, 0.15) is 0 Å². The van der Waals surface area contributed by atoms with Gasteiger partial charge in [-0.2, -0.15) is 0 Å². The van der Waals surface area contributed by atoms with Crippen molar-refractivity contribution in [2.75, 3.05) is 7.05 Å². The number of nitrogens with zero attached hydrogens (tertiary/aromatic N) is 1. The van der Waals surface area contributed by atoms with Gasteiger partial charge in [-0.1, -0.05) is 26.3 Å². The fraction of sp³-hybridized carbons (Fsp3) is 0.789. The van der Waals surface area contributed by atoms with E-state index in [9.17, 15) is 4.79 Å². The first kappa shape index (κ1) is 13.8. The molecule has 1 heterocycles. The maximum atomic E-state index is 12.0. The van der Waals surface area contributed by atoms with Crippen molar-refractivity contribution in [3.8, 4) is 0 Å². The molecule has 4 aliphatic rings. The molecule has 21 heavy (non-hydrogen) atoms. The van der Waals surface area contributed by atoms with E-state index in [0.717, 1.165) is 24.2 Å². The molecule has 0 aromatic carbocycles. The van der Waals surface area contributed by atoms with Gasteiger partial charge in [0.05, 0.1) is 0 Å². The van der Waals surface area contributed by atoms with Crippen LogP contribution in [-0.4, -0.2) is 23.9 Å². The minimum Gasteiger partial charge on any atom is -0.338 e. The highest BCUT2D eigenvalue weighted by Gasteiger charge is 2.58. The minimum absolute atomic E-state index is 0.186. The van der Waals surface area contributed by atoms with E-state index >= 15 is 0 Å². The number of likely N-dealkylation sites (N-methyl/N-ethyl adjacent to an activating group) is 1. The van der Waals surface area contributed by atoms with Crippen LogP contribution < -0.4 is 0 Å². The van der Waals surface area contributed by atoms with Crippen molar-refractivity contribution in [3.05, 3.63) is 18.6 Å². The molecular weight excluding hydrogens is 258 g/mol. The molecule has 1 amide bonds. The second-order valence-corrected chi connectivity index (χ2v) is 8.51. The molecule has 0 saturated heterocycles. The second kappa shape index (κ2) is 4.36. The summed E-state index contributed by atoms with van der Waals surface area (Å²) < 4.78 is 0. The van der Waals surface area contributed by atoms with Crippen LogP contribution in [0.5, 0.6) is 0 Å². The van der Waals surface area contributed by atoms with Crippen molar-refractivity contribution < 1.29 is 4.79 Å². The standard InChI is InChI=1S/C19H28NO/c1-18-10-4-5-14(18)13-6-7-16-19(2,15(13)8-11-18)12-9-17(21)20(16)3/h6,9,12-16H,4-5,7-8,10-11H2,1-3H3/t13-,14-,15+,16?,18-,19+/m0/s1. The number of rotatable bonds is 0. The number of amides is 1. The normalized spacial score (nSPS) is 52.3. The Morgan fingerprint density at radius 2 is 2.00 bits per heavy atom. The summed E-state index contributed by atoms with van der Waals surface area (Å²) in [6.07, 6.45) is 14.8. The van der Waals surface area contributed by atoms with Crippen LogP contribution in [0.25, 0.3) is 0 Å². The van der Waals surface area contributed by atoms with Gasteiger partial charge in [-0.05, 0) is 67.8 Å². The Morgan fingerprint density at radius 3 is 2.81 bits per heavy atom. The van der Waals surface area contributed by atoms with E-state index in [0.29, 0.717) is 11.5 Å². The molecule has 115 valence electrons. The van der Waals surface area contributed by atoms with Crippen LogP contribution in [-0.2, 0) is 4.79 Å². The van der Waals surface area contributed by atoms with Gasteiger partial charge in [-0.15, -0.1) is 0 Å². The Labute approximate surface area is 129 Å². The predicted molar refractivity (Wildman–Crippen MR) is 84.4 cm³/mol. The molecule has 2 nitrogen and oxygen atoms in total. The molecule has 0 N–H and O–H groups in total. The maximum absolute atomic E-state index is 12.0. The summed E-state index contributed by atoms with van der Waals surface area (Å²) in [5, 5.41) is 0. The van der Waals surface area contributed by atoms with Crippen LogP contribution >= 0.6 is 0 Å². The fourth-order valence-corrected chi connectivity index (χ4v) is 6.36. The molecule has 3 fully saturated rings. The monoisotopic (exact) mass is 286 g/mol. The van der Waals surface area contributed by atoms with Gasteiger partial charge in [-0.3, -0.25) is 4.79 Å². The summed E-state index contributed by atoms with van der Waals surface area (Å²) in [6.45, 7) is 4.95. The summed E-state index contributed by atoms with van der Waals surface area (Å²) in [5.41, 5.74) is 0.785. The van der Waals surface area contributed by atoms with Gasteiger partial charge in [0, 0.05) is 18.5 Å². The first-order chi connectivity index (χ1) is 9.96. The number of fused-ring (bicyclic) bond motifs is 5. The molecule has 0 aromatic heterocycles. The topological polar surface area (TPSA) is 20.3 Å². The number of carbonyl (C=O) groups excluding carboxylic acids is 1. The van der Waals surface area contributed by atoms with E-state index in [1.54, 1.807) is 0 Å². The molecule has 1 radical (unpaired) electrons. The van der Waals surface area contributed by atoms with E-state index in [1.165, 1.54) is 32.1 Å². The molecule has 1 aliphatic heterocycles. The lowest BCUT2D eigenvalue weighted by atomic mass is 9.48. The third-order valence-electron chi connectivity index (χ3n) is 7.66. The van der Waals surface area contributed by atoms with E-state index in [2.05, 4.69) is 26.3 Å². The third kappa shape index (κ3) is 1.74. The Morgan fingerprint density at radius 1 is 1.19 bits per heavy atom. The molecule has 6 atom stereocenters. The average molecular weight is 286 g/mol. The van der Waals surface area contributed by atoms with Crippen LogP contribution in [0.15, 0.2) is 12.2 Å². The van der Waals surface area contributed by atoms with Gasteiger partial charge in [0.15, 0.2) is 0 Å². The maximum Gasteiger partial charge on any atom is 0.246 e. The highest BCUT2D eigenvalue weighted by Crippen LogP contribution is 2.63. The third-order valence-corrected chi connectivity index (χ3v) is 7.66. The largest absolute Gasteiger partial charge is 0.338 e. The lowest BCUT2D eigenvalue weighted by molar-refractivity contribution is -0.135. The molecule has 0 bridgehead atoms. The molecular formula is C19H28NO. The SMILES string of the molecule is CN1C(=O)C=C[C@@]2(C)C1C[CH][C@@H]1[C@H]2CC[C@]2(C)CCC[C@@H]12. The van der Waals surface area contributed by atoms with E-state index in [4.69, 9.17) is 0 Å². The van der Waals surface area contributed by atoms with Crippen molar-refractivity contribution in [2.24, 2.45) is 28.6 Å². The van der Waals surface area contributed by atoms with Crippen LogP contribution in [0.3, 0.4) is 0 Å². The van der Waals surface area contributed by atoms with Gasteiger partial charge in [0.2, 0.25) is 5.91 Å². The Hall–Kier alpha value is -0.790. The van der Waals surface area contributed by atoms with Crippen molar-refractivity contribution in [2.45, 2.75) is 58.4 Å². The van der Waals surface area contributed by atoms with E-state index < -0.39 is 0 Å². The van der Waals surface area contributed by atoms with Crippen LogP contribution in [0.2, 0.25) is 0 Å². The molecule has 1 unspecified atom stereocenters. The second-order valence-electron chi connectivity index (χ2n) is 8.51. The quantitative estimate of drug-likeness (QED) is 0.663. The molecule has 4 rings (SSSR count). The minimum atomic E-state index is 0.186. The lowest BCUT2D eigenvalue weighted by Crippen LogP contribution is -2.59. The van der Waals surface area contributed by atoms with Crippen molar-refractivity contribution >= 4 is 5.91 Å². The highest BCUT2D eigenvalue weighted by atomic mass is 16.2. The smallest absolute Gasteiger partial charge is 0.246 e. The van der Waals surface area contributed by atoms with E-state index in [-0.39, 0.29) is 11.3 Å².